The highest BCUT2D eigenvalue weighted by Gasteiger charge is 2.02. The Morgan fingerprint density at radius 1 is 1.21 bits per heavy atom. The van der Waals surface area contributed by atoms with Gasteiger partial charge in [-0.3, -0.25) is 4.98 Å². The van der Waals surface area contributed by atoms with Crippen molar-refractivity contribution in [3.05, 3.63) is 40.9 Å². The number of halogens is 1. The van der Waals surface area contributed by atoms with Crippen molar-refractivity contribution < 1.29 is 0 Å². The summed E-state index contributed by atoms with van der Waals surface area (Å²) in [6.45, 7) is 1.94. The molecule has 0 aromatic carbocycles. The number of nitrogens with zero attached hydrogens (tertiary/aromatic N) is 3. The number of hydrogen-bond donors (Lipinski definition) is 0. The molecule has 0 radical (unpaired) electrons. The molecule has 0 N–H and O–H groups in total. The van der Waals surface area contributed by atoms with Gasteiger partial charge in [0.15, 0.2) is 5.82 Å². The maximum absolute atomic E-state index is 4.36. The van der Waals surface area contributed by atoms with Crippen LogP contribution >= 0.6 is 15.9 Å². The molecule has 0 saturated heterocycles. The molecule has 70 valence electrons. The lowest BCUT2D eigenvalue weighted by Gasteiger charge is -2.01. The predicted octanol–water partition coefficient (Wildman–Crippen LogP) is 2.61. The monoisotopic (exact) mass is 249 g/mol. The summed E-state index contributed by atoms with van der Waals surface area (Å²) < 4.78 is 0.926. The highest BCUT2D eigenvalue weighted by atomic mass is 79.9. The standard InChI is InChI=1S/C10H8BrN3/c1-7-9(11)6-13-10(14-7)8-2-4-12-5-3-8/h2-6H,1H3. The van der Waals surface area contributed by atoms with Gasteiger partial charge in [-0.1, -0.05) is 0 Å². The van der Waals surface area contributed by atoms with Gasteiger partial charge in [0.25, 0.3) is 0 Å². The van der Waals surface area contributed by atoms with Crippen molar-refractivity contribution in [3.63, 3.8) is 0 Å². The third-order valence-electron chi connectivity index (χ3n) is 1.86. The molecule has 0 amide bonds. The Bertz CT molecular complexity index is 442. The normalized spacial score (nSPS) is 10.1. The molecule has 0 aliphatic carbocycles. The fourth-order valence-electron chi connectivity index (χ4n) is 1.09. The summed E-state index contributed by atoms with van der Waals surface area (Å²) in [4.78, 5) is 12.5. The van der Waals surface area contributed by atoms with Gasteiger partial charge in [0.1, 0.15) is 0 Å². The number of rotatable bonds is 1. The van der Waals surface area contributed by atoms with Crippen molar-refractivity contribution in [2.24, 2.45) is 0 Å². The van der Waals surface area contributed by atoms with Crippen LogP contribution in [0.4, 0.5) is 0 Å². The number of aromatic nitrogens is 3. The zero-order chi connectivity index (χ0) is 9.97. The van der Waals surface area contributed by atoms with Gasteiger partial charge in [-0.05, 0) is 35.0 Å². The van der Waals surface area contributed by atoms with Gasteiger partial charge in [-0.25, -0.2) is 9.97 Å². The van der Waals surface area contributed by atoms with Crippen LogP contribution in [-0.4, -0.2) is 15.0 Å². The van der Waals surface area contributed by atoms with Crippen LogP contribution in [0.5, 0.6) is 0 Å². The Labute approximate surface area is 90.4 Å². The minimum absolute atomic E-state index is 0.730. The molecule has 2 aromatic heterocycles. The maximum Gasteiger partial charge on any atom is 0.159 e. The van der Waals surface area contributed by atoms with E-state index in [4.69, 9.17) is 0 Å². The van der Waals surface area contributed by atoms with Crippen LogP contribution in [0.15, 0.2) is 35.2 Å². The second-order valence-corrected chi connectivity index (χ2v) is 3.72. The van der Waals surface area contributed by atoms with Crippen molar-refractivity contribution in [2.75, 3.05) is 0 Å². The first-order valence-electron chi connectivity index (χ1n) is 4.17. The molecule has 14 heavy (non-hydrogen) atoms. The van der Waals surface area contributed by atoms with Crippen LogP contribution < -0.4 is 0 Å². The minimum atomic E-state index is 0.730. The summed E-state index contributed by atoms with van der Waals surface area (Å²) in [6.07, 6.45) is 5.23. The molecule has 2 aromatic rings. The molecular formula is C10H8BrN3. The van der Waals surface area contributed by atoms with Gasteiger partial charge in [0.2, 0.25) is 0 Å². The highest BCUT2D eigenvalue weighted by molar-refractivity contribution is 9.10. The summed E-state index contributed by atoms with van der Waals surface area (Å²) in [7, 11) is 0. The first-order chi connectivity index (χ1) is 6.77. The van der Waals surface area contributed by atoms with Gasteiger partial charge in [0, 0.05) is 24.2 Å². The summed E-state index contributed by atoms with van der Waals surface area (Å²) >= 11 is 3.36. The summed E-state index contributed by atoms with van der Waals surface area (Å²) in [5.74, 6) is 0.730. The van der Waals surface area contributed by atoms with Crippen LogP contribution in [0.2, 0.25) is 0 Å². The molecule has 2 heterocycles. The van der Waals surface area contributed by atoms with E-state index in [0.717, 1.165) is 21.6 Å². The van der Waals surface area contributed by atoms with Crippen molar-refractivity contribution >= 4 is 15.9 Å². The summed E-state index contributed by atoms with van der Waals surface area (Å²) in [5, 5.41) is 0. The van der Waals surface area contributed by atoms with E-state index < -0.39 is 0 Å². The van der Waals surface area contributed by atoms with Crippen molar-refractivity contribution in [1.82, 2.24) is 15.0 Å². The molecule has 0 saturated carbocycles. The van der Waals surface area contributed by atoms with Gasteiger partial charge in [-0.15, -0.1) is 0 Å². The SMILES string of the molecule is Cc1nc(-c2ccncc2)ncc1Br. The van der Waals surface area contributed by atoms with Crippen molar-refractivity contribution in [1.29, 1.82) is 0 Å². The zero-order valence-electron chi connectivity index (χ0n) is 7.61. The van der Waals surface area contributed by atoms with Crippen LogP contribution in [-0.2, 0) is 0 Å². The molecule has 0 fully saturated rings. The lowest BCUT2D eigenvalue weighted by Crippen LogP contribution is -1.92. The average Bonchev–Trinajstić information content (AvgIpc) is 2.23. The fraction of sp³-hybridized carbons (Fsp3) is 0.100. The lowest BCUT2D eigenvalue weighted by molar-refractivity contribution is 1.09. The molecule has 0 aliphatic heterocycles. The van der Waals surface area contributed by atoms with Crippen LogP contribution in [0.1, 0.15) is 5.69 Å². The second kappa shape index (κ2) is 3.84. The summed E-state index contributed by atoms with van der Waals surface area (Å²) in [5.41, 5.74) is 1.92. The van der Waals surface area contributed by atoms with E-state index in [2.05, 4.69) is 30.9 Å². The van der Waals surface area contributed by atoms with Gasteiger partial charge < -0.3 is 0 Å². The lowest BCUT2D eigenvalue weighted by atomic mass is 10.2. The molecule has 0 aliphatic rings. The molecule has 4 heteroatoms. The van der Waals surface area contributed by atoms with Gasteiger partial charge in [-0.2, -0.15) is 0 Å². The Morgan fingerprint density at radius 3 is 2.57 bits per heavy atom. The number of hydrogen-bond acceptors (Lipinski definition) is 3. The Balaban J connectivity index is 2.48. The predicted molar refractivity (Wildman–Crippen MR) is 57.7 cm³/mol. The van der Waals surface area contributed by atoms with Crippen LogP contribution in [0, 0.1) is 6.92 Å². The Kier molecular flexibility index (Phi) is 2.54. The van der Waals surface area contributed by atoms with Crippen molar-refractivity contribution in [2.45, 2.75) is 6.92 Å². The second-order valence-electron chi connectivity index (χ2n) is 2.86. The largest absolute Gasteiger partial charge is 0.265 e. The average molecular weight is 250 g/mol. The van der Waals surface area contributed by atoms with E-state index in [1.807, 2.05) is 19.1 Å². The molecule has 0 unspecified atom stereocenters. The Hall–Kier alpha value is -1.29. The molecular weight excluding hydrogens is 242 g/mol. The first kappa shape index (κ1) is 9.27. The molecule has 0 bridgehead atoms. The van der Waals surface area contributed by atoms with Crippen LogP contribution in [0.25, 0.3) is 11.4 Å². The smallest absolute Gasteiger partial charge is 0.159 e. The quantitative estimate of drug-likeness (QED) is 0.780. The van der Waals surface area contributed by atoms with Gasteiger partial charge in [0.05, 0.1) is 10.2 Å². The fourth-order valence-corrected chi connectivity index (χ4v) is 1.28. The highest BCUT2D eigenvalue weighted by Crippen LogP contribution is 2.17. The van der Waals surface area contributed by atoms with Crippen LogP contribution in [0.3, 0.4) is 0 Å². The first-order valence-corrected chi connectivity index (χ1v) is 4.96. The summed E-state index contributed by atoms with van der Waals surface area (Å²) in [6, 6.07) is 3.78. The van der Waals surface area contributed by atoms with E-state index >= 15 is 0 Å². The third-order valence-corrected chi connectivity index (χ3v) is 2.64. The number of aryl methyl sites for hydroxylation is 1. The van der Waals surface area contributed by atoms with E-state index in [-0.39, 0.29) is 0 Å². The maximum atomic E-state index is 4.36. The third kappa shape index (κ3) is 1.80. The molecule has 3 nitrogen and oxygen atoms in total. The zero-order valence-corrected chi connectivity index (χ0v) is 9.19. The topological polar surface area (TPSA) is 38.7 Å². The van der Waals surface area contributed by atoms with E-state index in [0.29, 0.717) is 0 Å². The molecule has 0 atom stereocenters. The van der Waals surface area contributed by atoms with E-state index in [9.17, 15) is 0 Å². The molecule has 0 spiro atoms. The van der Waals surface area contributed by atoms with E-state index in [1.165, 1.54) is 0 Å². The molecule has 2 rings (SSSR count). The van der Waals surface area contributed by atoms with Crippen molar-refractivity contribution in [3.8, 4) is 11.4 Å². The minimum Gasteiger partial charge on any atom is -0.265 e. The Morgan fingerprint density at radius 2 is 1.93 bits per heavy atom. The van der Waals surface area contributed by atoms with Gasteiger partial charge >= 0.3 is 0 Å². The number of pyridine rings is 1. The van der Waals surface area contributed by atoms with E-state index in [1.54, 1.807) is 18.6 Å².